The number of esters is 1. The molecule has 0 saturated heterocycles. The number of nitrogens with two attached hydrogens (primary N) is 1. The smallest absolute Gasteiger partial charge is 0.338 e. The van der Waals surface area contributed by atoms with Gasteiger partial charge >= 0.3 is 11.7 Å². The van der Waals surface area contributed by atoms with Crippen LogP contribution in [0, 0.1) is 0 Å². The third-order valence-electron chi connectivity index (χ3n) is 5.10. The molecule has 0 atom stereocenters. The molecule has 12 heteroatoms. The van der Waals surface area contributed by atoms with E-state index < -0.39 is 35.2 Å². The first-order valence-electron chi connectivity index (χ1n) is 10.0. The highest BCUT2D eigenvalue weighted by atomic mass is 16.5. The summed E-state index contributed by atoms with van der Waals surface area (Å²) in [4.78, 5) is 50.4. The number of hydrogen-bond acceptors (Lipinski definition) is 9. The fourth-order valence-electron chi connectivity index (χ4n) is 3.28. The van der Waals surface area contributed by atoms with Crippen LogP contribution in [-0.2, 0) is 18.3 Å². The van der Waals surface area contributed by atoms with Crippen molar-refractivity contribution in [3.63, 3.8) is 0 Å². The van der Waals surface area contributed by atoms with Crippen LogP contribution in [0.1, 0.15) is 26.3 Å². The number of ether oxygens (including phenoxy) is 1. The highest BCUT2D eigenvalue weighted by Crippen LogP contribution is 2.12. The summed E-state index contributed by atoms with van der Waals surface area (Å²) in [7, 11) is 1.25. The number of tetrazole rings is 1. The van der Waals surface area contributed by atoms with Gasteiger partial charge in [-0.3, -0.25) is 18.7 Å². The maximum absolute atomic E-state index is 12.8. The lowest BCUT2D eigenvalue weighted by Crippen LogP contribution is -2.43. The molecule has 0 aliphatic carbocycles. The van der Waals surface area contributed by atoms with Gasteiger partial charge in [0.15, 0.2) is 6.61 Å². The maximum Gasteiger partial charge on any atom is 0.338 e. The van der Waals surface area contributed by atoms with E-state index in [4.69, 9.17) is 10.5 Å². The van der Waals surface area contributed by atoms with Crippen LogP contribution >= 0.6 is 0 Å². The van der Waals surface area contributed by atoms with Gasteiger partial charge in [0, 0.05) is 7.05 Å². The summed E-state index contributed by atoms with van der Waals surface area (Å²) in [6.45, 7) is -0.663. The Balaban J connectivity index is 1.53. The third kappa shape index (κ3) is 4.37. The minimum Gasteiger partial charge on any atom is -0.454 e. The van der Waals surface area contributed by atoms with E-state index in [1.165, 1.54) is 30.2 Å². The largest absolute Gasteiger partial charge is 0.454 e. The fraction of sp³-hybridized carbons (Fsp3) is 0.136. The van der Waals surface area contributed by atoms with Crippen LogP contribution in [0.3, 0.4) is 0 Å². The predicted octanol–water partition coefficient (Wildman–Crippen LogP) is 0.193. The van der Waals surface area contributed by atoms with Crippen molar-refractivity contribution in [3.05, 3.63) is 98.5 Å². The molecule has 2 heterocycles. The first kappa shape index (κ1) is 22.3. The van der Waals surface area contributed by atoms with Crippen molar-refractivity contribution in [2.45, 2.75) is 6.54 Å². The van der Waals surface area contributed by atoms with E-state index in [1.807, 2.05) is 6.07 Å². The zero-order valence-corrected chi connectivity index (χ0v) is 18.0. The number of nitrogens with zero attached hydrogens (tertiary/aromatic N) is 6. The molecule has 2 aromatic carbocycles. The number of rotatable bonds is 7. The van der Waals surface area contributed by atoms with Gasteiger partial charge in [-0.15, -0.1) is 5.10 Å². The lowest BCUT2D eigenvalue weighted by atomic mass is 10.1. The second-order valence-electron chi connectivity index (χ2n) is 7.28. The molecule has 0 radical (unpaired) electrons. The molecular weight excluding hydrogens is 442 g/mol. The number of Topliss-reactive ketones (excluding diaryl/α,β-unsaturated/α-hetero) is 1. The third-order valence-corrected chi connectivity index (χ3v) is 5.10. The topological polar surface area (TPSA) is 157 Å². The first-order valence-corrected chi connectivity index (χ1v) is 10.0. The Hall–Kier alpha value is -4.87. The molecule has 172 valence electrons. The van der Waals surface area contributed by atoms with E-state index in [0.29, 0.717) is 5.69 Å². The van der Waals surface area contributed by atoms with Crippen LogP contribution in [-0.4, -0.2) is 47.7 Å². The summed E-state index contributed by atoms with van der Waals surface area (Å²) in [6.07, 6.45) is 1.40. The van der Waals surface area contributed by atoms with Crippen molar-refractivity contribution < 1.29 is 14.3 Å². The Morgan fingerprint density at radius 3 is 2.38 bits per heavy atom. The molecule has 2 aromatic heterocycles. The average molecular weight is 461 g/mol. The van der Waals surface area contributed by atoms with Crippen LogP contribution in [0.5, 0.6) is 0 Å². The Bertz CT molecular complexity index is 1460. The second kappa shape index (κ2) is 9.32. The van der Waals surface area contributed by atoms with Gasteiger partial charge in [-0.25, -0.2) is 14.3 Å². The van der Waals surface area contributed by atoms with Crippen LogP contribution in [0.2, 0.25) is 0 Å². The van der Waals surface area contributed by atoms with Crippen molar-refractivity contribution in [2.75, 3.05) is 12.3 Å². The van der Waals surface area contributed by atoms with Crippen molar-refractivity contribution in [1.29, 1.82) is 0 Å². The van der Waals surface area contributed by atoms with Crippen LogP contribution in [0.15, 0.2) is 70.5 Å². The average Bonchev–Trinajstić information content (AvgIpc) is 3.40. The lowest BCUT2D eigenvalue weighted by Gasteiger charge is -2.14. The van der Waals surface area contributed by atoms with Crippen LogP contribution in [0.25, 0.3) is 5.69 Å². The maximum atomic E-state index is 12.8. The highest BCUT2D eigenvalue weighted by molar-refractivity contribution is 6.02. The number of nitrogen functional groups attached to an aromatic ring is 1. The van der Waals surface area contributed by atoms with Gasteiger partial charge in [0.2, 0.25) is 5.78 Å². The van der Waals surface area contributed by atoms with Crippen molar-refractivity contribution >= 4 is 17.6 Å². The predicted molar refractivity (Wildman–Crippen MR) is 120 cm³/mol. The molecule has 0 aliphatic rings. The molecule has 0 fully saturated rings. The molecule has 0 saturated carbocycles. The van der Waals surface area contributed by atoms with Gasteiger partial charge in [-0.05, 0) is 40.3 Å². The van der Waals surface area contributed by atoms with E-state index in [1.54, 1.807) is 36.4 Å². The van der Waals surface area contributed by atoms with Crippen LogP contribution in [0.4, 0.5) is 5.82 Å². The summed E-state index contributed by atoms with van der Waals surface area (Å²) in [5.74, 6) is -1.88. The van der Waals surface area contributed by atoms with E-state index in [9.17, 15) is 19.2 Å². The van der Waals surface area contributed by atoms with Crippen molar-refractivity contribution in [2.24, 2.45) is 7.05 Å². The Morgan fingerprint density at radius 1 is 1.03 bits per heavy atom. The minimum atomic E-state index is -0.862. The first-order chi connectivity index (χ1) is 16.4. The summed E-state index contributed by atoms with van der Waals surface area (Å²) >= 11 is 0. The number of benzene rings is 2. The standard InChI is InChI=1S/C22H19N7O5/c1-27-20(31)18(19(23)28(22(27)33)11-14-5-3-2-4-6-14)17(30)12-34-21(32)15-7-9-16(10-8-15)29-13-24-25-26-29/h2-10,13H,11-12,23H2,1H3. The Labute approximate surface area is 191 Å². The summed E-state index contributed by atoms with van der Waals surface area (Å²) in [5, 5.41) is 10.8. The molecule has 12 nitrogen and oxygen atoms in total. The van der Waals surface area contributed by atoms with E-state index >= 15 is 0 Å². The number of carbonyl (C=O) groups is 2. The number of hydrogen-bond donors (Lipinski definition) is 1. The minimum absolute atomic E-state index is 0.0628. The molecule has 4 aromatic rings. The molecular formula is C22H19N7O5. The monoisotopic (exact) mass is 461 g/mol. The van der Waals surface area contributed by atoms with Crippen molar-refractivity contribution in [1.82, 2.24) is 29.3 Å². The summed E-state index contributed by atoms with van der Waals surface area (Å²) in [6, 6.07) is 15.1. The van der Waals surface area contributed by atoms with E-state index in [-0.39, 0.29) is 17.9 Å². The van der Waals surface area contributed by atoms with Gasteiger partial charge in [-0.2, -0.15) is 0 Å². The lowest BCUT2D eigenvalue weighted by molar-refractivity contribution is 0.0474. The van der Waals surface area contributed by atoms with Gasteiger partial charge in [0.25, 0.3) is 5.56 Å². The quantitative estimate of drug-likeness (QED) is 0.300. The fourth-order valence-corrected chi connectivity index (χ4v) is 3.28. The SMILES string of the molecule is Cn1c(=O)c(C(=O)COC(=O)c2ccc(-n3cnnn3)cc2)c(N)n(Cc2ccccc2)c1=O. The molecule has 0 spiro atoms. The molecule has 0 aliphatic heterocycles. The van der Waals surface area contributed by atoms with Gasteiger partial charge < -0.3 is 10.5 Å². The zero-order valence-electron chi connectivity index (χ0n) is 18.0. The molecule has 2 N–H and O–H groups in total. The van der Waals surface area contributed by atoms with Crippen LogP contribution < -0.4 is 17.0 Å². The normalized spacial score (nSPS) is 10.7. The molecule has 4 rings (SSSR count). The van der Waals surface area contributed by atoms with E-state index in [0.717, 1.165) is 14.7 Å². The van der Waals surface area contributed by atoms with Gasteiger partial charge in [0.1, 0.15) is 17.7 Å². The number of aromatic nitrogens is 6. The molecule has 0 amide bonds. The highest BCUT2D eigenvalue weighted by Gasteiger charge is 2.23. The van der Waals surface area contributed by atoms with Gasteiger partial charge in [0.05, 0.1) is 17.8 Å². The Kier molecular flexibility index (Phi) is 6.12. The molecule has 0 unspecified atom stereocenters. The van der Waals surface area contributed by atoms with E-state index in [2.05, 4.69) is 15.5 Å². The molecule has 34 heavy (non-hydrogen) atoms. The Morgan fingerprint density at radius 2 is 1.74 bits per heavy atom. The summed E-state index contributed by atoms with van der Waals surface area (Å²) < 4.78 is 8.42. The number of carbonyl (C=O) groups excluding carboxylic acids is 2. The second-order valence-corrected chi connectivity index (χ2v) is 7.28. The number of ketones is 1. The number of anilines is 1. The summed E-state index contributed by atoms with van der Waals surface area (Å²) in [5.41, 5.74) is 5.66. The van der Waals surface area contributed by atoms with Crippen molar-refractivity contribution in [3.8, 4) is 5.69 Å². The zero-order chi connectivity index (χ0) is 24.2. The van der Waals surface area contributed by atoms with Gasteiger partial charge in [-0.1, -0.05) is 30.3 Å². The molecule has 0 bridgehead atoms.